The summed E-state index contributed by atoms with van der Waals surface area (Å²) in [6.07, 6.45) is 2.73. The van der Waals surface area contributed by atoms with Gasteiger partial charge in [0, 0.05) is 47.1 Å². The molecule has 2 N–H and O–H groups in total. The average Bonchev–Trinajstić information content (AvgIpc) is 3.08. The molecule has 27 heavy (non-hydrogen) atoms. The maximum Gasteiger partial charge on any atom is 0.123 e. The van der Waals surface area contributed by atoms with E-state index >= 15 is 0 Å². The topological polar surface area (TPSA) is 55.6 Å². The molecule has 1 saturated heterocycles. The zero-order valence-electron chi connectivity index (χ0n) is 15.2. The van der Waals surface area contributed by atoms with Crippen molar-refractivity contribution in [1.29, 1.82) is 0 Å². The van der Waals surface area contributed by atoms with E-state index in [1.807, 2.05) is 6.07 Å². The van der Waals surface area contributed by atoms with E-state index in [1.165, 1.54) is 11.1 Å². The number of nitrogens with two attached hydrogens (primary N) is 1. The molecule has 0 bridgehead atoms. The molecule has 2 aromatic rings. The van der Waals surface area contributed by atoms with E-state index in [1.54, 1.807) is 6.26 Å². The lowest BCUT2D eigenvalue weighted by atomic mass is 10.1. The van der Waals surface area contributed by atoms with Gasteiger partial charge in [0.15, 0.2) is 0 Å². The number of ether oxygens (including phenoxy) is 1. The first-order valence-corrected chi connectivity index (χ1v) is 10.4. The minimum Gasteiger partial charge on any atom is -0.378 e. The number of halogens is 2. The van der Waals surface area contributed by atoms with Crippen molar-refractivity contribution in [3.05, 3.63) is 65.2 Å². The first-order valence-electron chi connectivity index (χ1n) is 8.86. The van der Waals surface area contributed by atoms with Crippen LogP contribution in [0, 0.1) is 11.6 Å². The Kier molecular flexibility index (Phi) is 6.70. The second kappa shape index (κ2) is 9.01. The Morgan fingerprint density at radius 1 is 1.04 bits per heavy atom. The molecule has 7 heteroatoms. The summed E-state index contributed by atoms with van der Waals surface area (Å²) in [5.74, 6) is -0.821. The van der Waals surface area contributed by atoms with Crippen LogP contribution in [0.5, 0.6) is 0 Å². The van der Waals surface area contributed by atoms with E-state index in [0.717, 1.165) is 55.3 Å². The van der Waals surface area contributed by atoms with Crippen LogP contribution < -0.4 is 5.73 Å². The first-order chi connectivity index (χ1) is 12.9. The Balaban J connectivity index is 0.000000221. The monoisotopic (exact) mass is 394 g/mol. The van der Waals surface area contributed by atoms with Crippen LogP contribution in [-0.4, -0.2) is 40.7 Å². The molecule has 0 spiro atoms. The summed E-state index contributed by atoms with van der Waals surface area (Å²) < 4.78 is 40.9. The van der Waals surface area contributed by atoms with E-state index in [4.69, 9.17) is 10.5 Å². The van der Waals surface area contributed by atoms with Crippen LogP contribution in [0.2, 0.25) is 0 Å². The van der Waals surface area contributed by atoms with Gasteiger partial charge in [0.1, 0.15) is 11.6 Å². The summed E-state index contributed by atoms with van der Waals surface area (Å²) in [5.41, 5.74) is 8.61. The third-order valence-corrected chi connectivity index (χ3v) is 5.71. The number of benzene rings is 2. The van der Waals surface area contributed by atoms with Crippen LogP contribution >= 0.6 is 0 Å². The Bertz CT molecular complexity index is 780. The molecule has 2 aliphatic rings. The zero-order valence-corrected chi connectivity index (χ0v) is 16.1. The highest BCUT2D eigenvalue weighted by atomic mass is 32.2. The minimum atomic E-state index is -0.906. The van der Waals surface area contributed by atoms with Gasteiger partial charge in [-0.3, -0.25) is 9.11 Å². The Morgan fingerprint density at radius 3 is 2.26 bits per heavy atom. The molecular formula is C20H24F2N2O2S. The quantitative estimate of drug-likeness (QED) is 0.851. The zero-order chi connectivity index (χ0) is 19.4. The molecule has 0 saturated carbocycles. The van der Waals surface area contributed by atoms with Crippen molar-refractivity contribution >= 4 is 10.8 Å². The number of nitrogens with zero attached hydrogens (tertiary/aromatic N) is 1. The van der Waals surface area contributed by atoms with Gasteiger partial charge in [-0.1, -0.05) is 6.07 Å². The molecule has 1 fully saturated rings. The van der Waals surface area contributed by atoms with Gasteiger partial charge in [0.05, 0.1) is 13.2 Å². The summed E-state index contributed by atoms with van der Waals surface area (Å²) in [6.45, 7) is 3.32. The molecule has 0 aromatic heterocycles. The molecule has 4 nitrogen and oxygen atoms in total. The van der Waals surface area contributed by atoms with Crippen LogP contribution in [0.1, 0.15) is 17.5 Å². The summed E-state index contributed by atoms with van der Waals surface area (Å²) >= 11 is 0. The number of hydrogen-bond donors (Lipinski definition) is 1. The predicted molar refractivity (Wildman–Crippen MR) is 102 cm³/mol. The highest BCUT2D eigenvalue weighted by Gasteiger charge is 2.30. The van der Waals surface area contributed by atoms with Gasteiger partial charge in [0.25, 0.3) is 0 Å². The molecular weight excluding hydrogens is 370 g/mol. The molecule has 0 radical (unpaired) electrons. The van der Waals surface area contributed by atoms with Crippen molar-refractivity contribution < 1.29 is 17.7 Å². The average molecular weight is 394 g/mol. The van der Waals surface area contributed by atoms with Crippen molar-refractivity contribution in [1.82, 2.24) is 4.90 Å². The van der Waals surface area contributed by atoms with Crippen LogP contribution in [0.3, 0.4) is 0 Å². The highest BCUT2D eigenvalue weighted by molar-refractivity contribution is 7.84. The summed E-state index contributed by atoms with van der Waals surface area (Å²) in [6, 6.07) is 11.0. The number of rotatable bonds is 2. The Morgan fingerprint density at radius 2 is 1.67 bits per heavy atom. The molecule has 3 unspecified atom stereocenters. The normalized spacial score (nSPS) is 23.3. The van der Waals surface area contributed by atoms with Gasteiger partial charge in [-0.2, -0.15) is 0 Å². The van der Waals surface area contributed by atoms with Gasteiger partial charge >= 0.3 is 0 Å². The van der Waals surface area contributed by atoms with E-state index < -0.39 is 22.4 Å². The molecule has 0 amide bonds. The molecule has 4 rings (SSSR count). The maximum absolute atomic E-state index is 11.9. The summed E-state index contributed by atoms with van der Waals surface area (Å²) in [5, 5.41) is 0. The van der Waals surface area contributed by atoms with E-state index in [9.17, 15) is 13.0 Å². The molecule has 146 valence electrons. The lowest BCUT2D eigenvalue weighted by Crippen LogP contribution is -2.46. The van der Waals surface area contributed by atoms with Crippen LogP contribution in [0.15, 0.2) is 47.4 Å². The van der Waals surface area contributed by atoms with Crippen LogP contribution in [0.4, 0.5) is 8.78 Å². The van der Waals surface area contributed by atoms with Gasteiger partial charge in [-0.05, 0) is 53.9 Å². The van der Waals surface area contributed by atoms with Crippen molar-refractivity contribution in [2.24, 2.45) is 5.73 Å². The second-order valence-corrected chi connectivity index (χ2v) is 8.29. The smallest absolute Gasteiger partial charge is 0.123 e. The largest absolute Gasteiger partial charge is 0.378 e. The van der Waals surface area contributed by atoms with Gasteiger partial charge < -0.3 is 10.5 Å². The second-order valence-electron chi connectivity index (χ2n) is 6.91. The van der Waals surface area contributed by atoms with Crippen LogP contribution in [0.25, 0.3) is 0 Å². The molecule has 3 atom stereocenters. The standard InChI is InChI=1S/C14H20N2O2S.C6H4F2/c1-19(17)14-3-2-10-6-16(7-11(10)4-14)13-5-12(15)8-18-9-13;7-5-1-2-6(8)4-3-5/h2-4,12-13H,5-9,15H2,1H3;1-4H. The number of hydrogen-bond acceptors (Lipinski definition) is 4. The fourth-order valence-corrected chi connectivity index (χ4v) is 3.93. The van der Waals surface area contributed by atoms with Gasteiger partial charge in [-0.25, -0.2) is 8.78 Å². The van der Waals surface area contributed by atoms with Gasteiger partial charge in [0.2, 0.25) is 0 Å². The highest BCUT2D eigenvalue weighted by Crippen LogP contribution is 2.28. The van der Waals surface area contributed by atoms with Crippen LogP contribution in [-0.2, 0) is 28.6 Å². The molecule has 0 aliphatic carbocycles. The lowest BCUT2D eigenvalue weighted by molar-refractivity contribution is 0.00549. The molecule has 2 aromatic carbocycles. The Hall–Kier alpha value is -1.67. The summed E-state index contributed by atoms with van der Waals surface area (Å²) in [4.78, 5) is 3.34. The fourth-order valence-electron chi connectivity index (χ4n) is 3.36. The predicted octanol–water partition coefficient (Wildman–Crippen LogP) is 2.82. The van der Waals surface area contributed by atoms with Crippen molar-refractivity contribution in [3.8, 4) is 0 Å². The van der Waals surface area contributed by atoms with Gasteiger partial charge in [-0.15, -0.1) is 0 Å². The van der Waals surface area contributed by atoms with E-state index in [2.05, 4.69) is 17.0 Å². The first kappa shape index (κ1) is 20.1. The Labute approximate surface area is 160 Å². The maximum atomic E-state index is 11.9. The third-order valence-electron chi connectivity index (χ3n) is 4.79. The summed E-state index contributed by atoms with van der Waals surface area (Å²) in [7, 11) is -0.906. The number of fused-ring (bicyclic) bond motifs is 1. The third kappa shape index (κ3) is 5.42. The van der Waals surface area contributed by atoms with E-state index in [0.29, 0.717) is 12.6 Å². The molecule has 2 aliphatic heterocycles. The molecule has 2 heterocycles. The SMILES string of the molecule is CS(=O)c1ccc2c(c1)CN(C1COCC(N)C1)C2.Fc1ccc(F)cc1. The minimum absolute atomic E-state index is 0.154. The lowest BCUT2D eigenvalue weighted by Gasteiger charge is -2.33. The fraction of sp³-hybridized carbons (Fsp3) is 0.400. The van der Waals surface area contributed by atoms with E-state index in [-0.39, 0.29) is 6.04 Å². The van der Waals surface area contributed by atoms with Crippen molar-refractivity contribution in [2.75, 3.05) is 19.5 Å². The van der Waals surface area contributed by atoms with Crippen molar-refractivity contribution in [2.45, 2.75) is 36.5 Å². The van der Waals surface area contributed by atoms with Crippen molar-refractivity contribution in [3.63, 3.8) is 0 Å².